The number of amides is 2. The summed E-state index contributed by atoms with van der Waals surface area (Å²) in [6, 6.07) is 21.7. The van der Waals surface area contributed by atoms with E-state index >= 15 is 0 Å². The minimum Gasteiger partial charge on any atom is -0.497 e. The van der Waals surface area contributed by atoms with Gasteiger partial charge >= 0.3 is 0 Å². The fourth-order valence-corrected chi connectivity index (χ4v) is 3.30. The first-order valence-corrected chi connectivity index (χ1v) is 11.1. The molecule has 0 aliphatic heterocycles. The summed E-state index contributed by atoms with van der Waals surface area (Å²) in [5.74, 6) is 1.55. The molecule has 1 unspecified atom stereocenters. The zero-order valence-electron chi connectivity index (χ0n) is 19.7. The van der Waals surface area contributed by atoms with Crippen molar-refractivity contribution in [3.8, 4) is 17.2 Å². The summed E-state index contributed by atoms with van der Waals surface area (Å²) in [6.45, 7) is 1.84. The van der Waals surface area contributed by atoms with Gasteiger partial charge in [0.2, 0.25) is 0 Å². The minimum atomic E-state index is -0.291. The monoisotopic (exact) mass is 462 g/mol. The number of ether oxygens (including phenoxy) is 3. The Kier molecular flexibility index (Phi) is 8.91. The van der Waals surface area contributed by atoms with E-state index in [0.717, 1.165) is 18.6 Å². The van der Waals surface area contributed by atoms with E-state index in [1.165, 1.54) is 5.56 Å². The van der Waals surface area contributed by atoms with Crippen molar-refractivity contribution in [3.05, 3.63) is 83.9 Å². The maximum Gasteiger partial charge on any atom is 0.262 e. The van der Waals surface area contributed by atoms with E-state index in [4.69, 9.17) is 14.2 Å². The Bertz CT molecular complexity index is 1080. The number of carbonyl (C=O) groups is 2. The summed E-state index contributed by atoms with van der Waals surface area (Å²) in [4.78, 5) is 24.7. The molecule has 2 N–H and O–H groups in total. The summed E-state index contributed by atoms with van der Waals surface area (Å²) in [5.41, 5.74) is 2.35. The van der Waals surface area contributed by atoms with Crippen molar-refractivity contribution in [2.45, 2.75) is 25.8 Å². The van der Waals surface area contributed by atoms with Crippen LogP contribution < -0.4 is 24.8 Å². The Morgan fingerprint density at radius 1 is 0.853 bits per heavy atom. The lowest BCUT2D eigenvalue weighted by atomic mass is 10.1. The molecule has 0 heterocycles. The Hall–Kier alpha value is -4.00. The number of benzene rings is 3. The number of anilines is 1. The van der Waals surface area contributed by atoms with E-state index in [1.807, 2.05) is 31.2 Å². The standard InChI is InChI=1S/C27H30N2O5/c1-19(7-8-20-9-13-23(32-2)14-10-20)28-27(31)21-11-15-24(16-12-21)34-18-26(30)29-22-5-4-6-25(17-22)33-3/h4-6,9-17,19H,7-8,18H2,1-3H3,(H,28,31)(H,29,30). The normalized spacial score (nSPS) is 11.3. The van der Waals surface area contributed by atoms with Crippen molar-refractivity contribution in [2.24, 2.45) is 0 Å². The Morgan fingerprint density at radius 2 is 1.53 bits per heavy atom. The number of nitrogens with one attached hydrogen (secondary N) is 2. The average Bonchev–Trinajstić information content (AvgIpc) is 2.87. The summed E-state index contributed by atoms with van der Waals surface area (Å²) >= 11 is 0. The van der Waals surface area contributed by atoms with Crippen molar-refractivity contribution < 1.29 is 23.8 Å². The fraction of sp³-hybridized carbons (Fsp3) is 0.259. The molecule has 3 aromatic carbocycles. The highest BCUT2D eigenvalue weighted by Crippen LogP contribution is 2.17. The molecule has 7 heteroatoms. The van der Waals surface area contributed by atoms with Crippen LogP contribution in [-0.4, -0.2) is 38.7 Å². The van der Waals surface area contributed by atoms with Gasteiger partial charge in [-0.3, -0.25) is 9.59 Å². The molecule has 3 aromatic rings. The smallest absolute Gasteiger partial charge is 0.262 e. The van der Waals surface area contributed by atoms with Crippen LogP contribution in [0.1, 0.15) is 29.3 Å². The van der Waals surface area contributed by atoms with Crippen molar-refractivity contribution in [1.29, 1.82) is 0 Å². The highest BCUT2D eigenvalue weighted by molar-refractivity contribution is 5.94. The molecule has 0 spiro atoms. The van der Waals surface area contributed by atoms with Crippen molar-refractivity contribution in [2.75, 3.05) is 26.1 Å². The van der Waals surface area contributed by atoms with Gasteiger partial charge in [0, 0.05) is 23.4 Å². The lowest BCUT2D eigenvalue weighted by molar-refractivity contribution is -0.118. The SMILES string of the molecule is COc1ccc(CCC(C)NC(=O)c2ccc(OCC(=O)Nc3cccc(OC)c3)cc2)cc1. The van der Waals surface area contributed by atoms with Crippen LogP contribution in [0.25, 0.3) is 0 Å². The van der Waals surface area contributed by atoms with E-state index in [0.29, 0.717) is 22.7 Å². The molecule has 178 valence electrons. The van der Waals surface area contributed by atoms with E-state index in [2.05, 4.69) is 10.6 Å². The first-order valence-electron chi connectivity index (χ1n) is 11.1. The van der Waals surface area contributed by atoms with Crippen molar-refractivity contribution >= 4 is 17.5 Å². The molecule has 0 aliphatic rings. The maximum atomic E-state index is 12.5. The molecule has 34 heavy (non-hydrogen) atoms. The van der Waals surface area contributed by atoms with Gasteiger partial charge in [0.1, 0.15) is 17.2 Å². The average molecular weight is 463 g/mol. The second kappa shape index (κ2) is 12.3. The largest absolute Gasteiger partial charge is 0.497 e. The van der Waals surface area contributed by atoms with Crippen LogP contribution in [0.3, 0.4) is 0 Å². The van der Waals surface area contributed by atoms with Crippen LogP contribution >= 0.6 is 0 Å². The van der Waals surface area contributed by atoms with Gasteiger partial charge in [-0.05, 0) is 73.9 Å². The third-order valence-corrected chi connectivity index (χ3v) is 5.24. The molecule has 0 aliphatic carbocycles. The molecule has 1 atom stereocenters. The first-order chi connectivity index (χ1) is 16.5. The molecule has 0 saturated heterocycles. The predicted octanol–water partition coefficient (Wildman–Crippen LogP) is 4.47. The predicted molar refractivity (Wildman–Crippen MR) is 132 cm³/mol. The maximum absolute atomic E-state index is 12.5. The number of aryl methyl sites for hydroxylation is 1. The number of hydrogen-bond donors (Lipinski definition) is 2. The molecule has 2 amide bonds. The number of rotatable bonds is 11. The topological polar surface area (TPSA) is 85.9 Å². The molecule has 0 saturated carbocycles. The number of methoxy groups -OCH3 is 2. The highest BCUT2D eigenvalue weighted by atomic mass is 16.5. The second-order valence-electron chi connectivity index (χ2n) is 7.85. The van der Waals surface area contributed by atoms with Crippen molar-refractivity contribution in [1.82, 2.24) is 5.32 Å². The molecule has 7 nitrogen and oxygen atoms in total. The molecular formula is C27H30N2O5. The van der Waals surface area contributed by atoms with Crippen LogP contribution in [-0.2, 0) is 11.2 Å². The molecule has 0 aromatic heterocycles. The fourth-order valence-electron chi connectivity index (χ4n) is 3.30. The number of hydrogen-bond acceptors (Lipinski definition) is 5. The minimum absolute atomic E-state index is 0.0193. The van der Waals surface area contributed by atoms with Gasteiger partial charge < -0.3 is 24.8 Å². The van der Waals surface area contributed by atoms with Crippen LogP contribution in [0.5, 0.6) is 17.2 Å². The van der Waals surface area contributed by atoms with Crippen LogP contribution in [0.4, 0.5) is 5.69 Å². The van der Waals surface area contributed by atoms with Crippen LogP contribution in [0.15, 0.2) is 72.8 Å². The molecular weight excluding hydrogens is 432 g/mol. The van der Waals surface area contributed by atoms with E-state index in [9.17, 15) is 9.59 Å². The summed E-state index contributed by atoms with van der Waals surface area (Å²) in [6.07, 6.45) is 1.68. The van der Waals surface area contributed by atoms with Gasteiger partial charge in [0.05, 0.1) is 14.2 Å². The summed E-state index contributed by atoms with van der Waals surface area (Å²) in [5, 5.41) is 5.77. The van der Waals surface area contributed by atoms with Gasteiger partial charge in [0.15, 0.2) is 6.61 Å². The molecule has 0 bridgehead atoms. The Morgan fingerprint density at radius 3 is 2.21 bits per heavy atom. The third-order valence-electron chi connectivity index (χ3n) is 5.24. The van der Waals surface area contributed by atoms with E-state index < -0.39 is 0 Å². The third kappa shape index (κ3) is 7.55. The lowest BCUT2D eigenvalue weighted by Gasteiger charge is -2.14. The molecule has 0 radical (unpaired) electrons. The molecule has 3 rings (SSSR count). The van der Waals surface area contributed by atoms with Gasteiger partial charge in [-0.2, -0.15) is 0 Å². The zero-order chi connectivity index (χ0) is 24.3. The second-order valence-corrected chi connectivity index (χ2v) is 7.85. The molecule has 0 fully saturated rings. The van der Waals surface area contributed by atoms with E-state index in [-0.39, 0.29) is 24.5 Å². The summed E-state index contributed by atoms with van der Waals surface area (Å²) in [7, 11) is 3.21. The van der Waals surface area contributed by atoms with Gasteiger partial charge in [-0.25, -0.2) is 0 Å². The van der Waals surface area contributed by atoms with Crippen molar-refractivity contribution in [3.63, 3.8) is 0 Å². The van der Waals surface area contributed by atoms with Crippen LogP contribution in [0, 0.1) is 0 Å². The first kappa shape index (κ1) is 24.6. The van der Waals surface area contributed by atoms with Crippen LogP contribution in [0.2, 0.25) is 0 Å². The van der Waals surface area contributed by atoms with E-state index in [1.54, 1.807) is 62.8 Å². The highest BCUT2D eigenvalue weighted by Gasteiger charge is 2.11. The number of carbonyl (C=O) groups excluding carboxylic acids is 2. The Labute approximate surface area is 200 Å². The van der Waals surface area contributed by atoms with Gasteiger partial charge in [-0.15, -0.1) is 0 Å². The van der Waals surface area contributed by atoms with Gasteiger partial charge in [0.25, 0.3) is 11.8 Å². The quantitative estimate of drug-likeness (QED) is 0.439. The Balaban J connectivity index is 1.42. The summed E-state index contributed by atoms with van der Waals surface area (Å²) < 4.78 is 15.8. The lowest BCUT2D eigenvalue weighted by Crippen LogP contribution is -2.32. The zero-order valence-corrected chi connectivity index (χ0v) is 19.7. The van der Waals surface area contributed by atoms with Gasteiger partial charge in [-0.1, -0.05) is 18.2 Å².